The van der Waals surface area contributed by atoms with E-state index in [1.165, 1.54) is 6.42 Å². The zero-order valence-electron chi connectivity index (χ0n) is 9.57. The molecule has 0 aliphatic carbocycles. The summed E-state index contributed by atoms with van der Waals surface area (Å²) in [5, 5.41) is 3.55. The van der Waals surface area contributed by atoms with Gasteiger partial charge in [0.1, 0.15) is 0 Å². The quantitative estimate of drug-likeness (QED) is 0.685. The molecule has 0 saturated carbocycles. The summed E-state index contributed by atoms with van der Waals surface area (Å²) in [7, 11) is 0. The predicted octanol–water partition coefficient (Wildman–Crippen LogP) is 3.06. The van der Waals surface area contributed by atoms with Crippen molar-refractivity contribution in [2.24, 2.45) is 11.3 Å². The van der Waals surface area contributed by atoms with Gasteiger partial charge in [-0.15, -0.1) is 0 Å². The van der Waals surface area contributed by atoms with Crippen LogP contribution in [-0.2, 0) is 0 Å². The monoisotopic (exact) mass is 171 g/mol. The molecule has 0 heterocycles. The zero-order valence-corrected chi connectivity index (χ0v) is 9.57. The molecule has 0 aliphatic heterocycles. The van der Waals surface area contributed by atoms with Crippen LogP contribution in [-0.4, -0.2) is 12.6 Å². The van der Waals surface area contributed by atoms with Crippen molar-refractivity contribution in [3.63, 3.8) is 0 Å². The molecule has 0 amide bonds. The lowest BCUT2D eigenvalue weighted by molar-refractivity contribution is 0.337. The van der Waals surface area contributed by atoms with Crippen LogP contribution in [0.1, 0.15) is 48.0 Å². The summed E-state index contributed by atoms with van der Waals surface area (Å²) in [6.45, 7) is 14.7. The fraction of sp³-hybridized carbons (Fsp3) is 1.00. The van der Waals surface area contributed by atoms with Crippen molar-refractivity contribution in [3.05, 3.63) is 0 Å². The van der Waals surface area contributed by atoms with Crippen LogP contribution < -0.4 is 5.32 Å². The van der Waals surface area contributed by atoms with Gasteiger partial charge in [0.2, 0.25) is 0 Å². The Labute approximate surface area is 77.9 Å². The highest BCUT2D eigenvalue weighted by Crippen LogP contribution is 2.12. The molecule has 0 aliphatic rings. The number of hydrogen-bond donors (Lipinski definition) is 1. The van der Waals surface area contributed by atoms with Crippen LogP contribution in [0.5, 0.6) is 0 Å². The van der Waals surface area contributed by atoms with Gasteiger partial charge in [-0.3, -0.25) is 0 Å². The van der Waals surface area contributed by atoms with Crippen molar-refractivity contribution in [1.82, 2.24) is 5.32 Å². The van der Waals surface area contributed by atoms with Crippen LogP contribution in [0.4, 0.5) is 0 Å². The van der Waals surface area contributed by atoms with E-state index in [4.69, 9.17) is 0 Å². The van der Waals surface area contributed by atoms with Gasteiger partial charge in [0, 0.05) is 12.6 Å². The van der Waals surface area contributed by atoms with Gasteiger partial charge in [0.25, 0.3) is 0 Å². The van der Waals surface area contributed by atoms with Gasteiger partial charge in [-0.1, -0.05) is 34.6 Å². The van der Waals surface area contributed by atoms with Crippen molar-refractivity contribution < 1.29 is 0 Å². The van der Waals surface area contributed by atoms with Crippen LogP contribution in [0, 0.1) is 11.3 Å². The van der Waals surface area contributed by atoms with E-state index in [9.17, 15) is 0 Å². The first-order valence-electron chi connectivity index (χ1n) is 5.04. The second kappa shape index (κ2) is 4.86. The molecule has 0 aromatic rings. The second-order valence-electron chi connectivity index (χ2n) is 5.47. The third-order valence-electron chi connectivity index (χ3n) is 1.81. The first kappa shape index (κ1) is 12.0. The Morgan fingerprint density at radius 1 is 1.08 bits per heavy atom. The maximum Gasteiger partial charge on any atom is 0.00413 e. The Kier molecular flexibility index (Phi) is 4.84. The summed E-state index contributed by atoms with van der Waals surface area (Å²) in [5.74, 6) is 0.799. The summed E-state index contributed by atoms with van der Waals surface area (Å²) in [5.41, 5.74) is 0.408. The van der Waals surface area contributed by atoms with E-state index >= 15 is 0 Å². The highest BCUT2D eigenvalue weighted by atomic mass is 14.9. The molecule has 0 spiro atoms. The third-order valence-corrected chi connectivity index (χ3v) is 1.81. The molecule has 0 rings (SSSR count). The molecular weight excluding hydrogens is 146 g/mol. The lowest BCUT2D eigenvalue weighted by Gasteiger charge is -2.23. The number of hydrogen-bond acceptors (Lipinski definition) is 1. The Hall–Kier alpha value is -0.0400. The van der Waals surface area contributed by atoms with E-state index in [-0.39, 0.29) is 0 Å². The van der Waals surface area contributed by atoms with Gasteiger partial charge in [-0.2, -0.15) is 0 Å². The largest absolute Gasteiger partial charge is 0.314 e. The third kappa shape index (κ3) is 8.06. The Morgan fingerprint density at radius 3 is 1.92 bits per heavy atom. The number of nitrogens with one attached hydrogen (secondary N) is 1. The molecule has 0 radical (unpaired) electrons. The Morgan fingerprint density at radius 2 is 1.58 bits per heavy atom. The van der Waals surface area contributed by atoms with Crippen molar-refractivity contribution in [1.29, 1.82) is 0 Å². The van der Waals surface area contributed by atoms with Crippen molar-refractivity contribution in [3.8, 4) is 0 Å². The minimum Gasteiger partial charge on any atom is -0.314 e. The van der Waals surface area contributed by atoms with Crippen LogP contribution in [0.25, 0.3) is 0 Å². The average Bonchev–Trinajstić information content (AvgIpc) is 1.80. The maximum atomic E-state index is 3.55. The molecule has 0 aromatic carbocycles. The second-order valence-corrected chi connectivity index (χ2v) is 5.47. The molecule has 0 fully saturated rings. The van der Waals surface area contributed by atoms with Gasteiger partial charge >= 0.3 is 0 Å². The highest BCUT2D eigenvalue weighted by molar-refractivity contribution is 4.69. The van der Waals surface area contributed by atoms with Crippen LogP contribution in [0.2, 0.25) is 0 Å². The van der Waals surface area contributed by atoms with Gasteiger partial charge in [0.15, 0.2) is 0 Å². The Bertz CT molecular complexity index is 111. The molecule has 0 bridgehead atoms. The lowest BCUT2D eigenvalue weighted by Crippen LogP contribution is -2.34. The summed E-state index contributed by atoms with van der Waals surface area (Å²) in [6, 6.07) is 0.657. The van der Waals surface area contributed by atoms with Crippen LogP contribution in [0.3, 0.4) is 0 Å². The van der Waals surface area contributed by atoms with E-state index < -0.39 is 0 Å². The van der Waals surface area contributed by atoms with E-state index in [2.05, 4.69) is 46.9 Å². The molecular formula is C11H25N. The molecule has 1 atom stereocenters. The van der Waals surface area contributed by atoms with Crippen molar-refractivity contribution in [2.45, 2.75) is 54.0 Å². The SMILES string of the molecule is CC(C)CC(C)NCC(C)(C)C. The van der Waals surface area contributed by atoms with Gasteiger partial charge in [0.05, 0.1) is 0 Å². The van der Waals surface area contributed by atoms with E-state index in [1.807, 2.05) is 0 Å². The van der Waals surface area contributed by atoms with Gasteiger partial charge < -0.3 is 5.32 Å². The molecule has 1 unspecified atom stereocenters. The summed E-state index contributed by atoms with van der Waals surface area (Å²) in [6.07, 6.45) is 1.27. The van der Waals surface area contributed by atoms with Crippen molar-refractivity contribution >= 4 is 0 Å². The standard InChI is InChI=1S/C11H25N/c1-9(2)7-10(3)12-8-11(4,5)6/h9-10,12H,7-8H2,1-6H3. The fourth-order valence-corrected chi connectivity index (χ4v) is 1.27. The lowest BCUT2D eigenvalue weighted by atomic mass is 9.96. The molecule has 1 heteroatoms. The highest BCUT2D eigenvalue weighted by Gasteiger charge is 2.11. The smallest absolute Gasteiger partial charge is 0.00413 e. The zero-order chi connectivity index (χ0) is 9.78. The molecule has 0 saturated heterocycles. The molecule has 1 nitrogen and oxygen atoms in total. The first-order chi connectivity index (χ1) is 5.31. The van der Waals surface area contributed by atoms with E-state index in [1.54, 1.807) is 0 Å². The summed E-state index contributed by atoms with van der Waals surface area (Å²) in [4.78, 5) is 0. The van der Waals surface area contributed by atoms with Crippen LogP contribution >= 0.6 is 0 Å². The molecule has 0 aromatic heterocycles. The van der Waals surface area contributed by atoms with Crippen LogP contribution in [0.15, 0.2) is 0 Å². The minimum atomic E-state index is 0.408. The van der Waals surface area contributed by atoms with E-state index in [0.29, 0.717) is 11.5 Å². The number of rotatable bonds is 4. The minimum absolute atomic E-state index is 0.408. The topological polar surface area (TPSA) is 12.0 Å². The predicted molar refractivity (Wildman–Crippen MR) is 56.4 cm³/mol. The molecule has 12 heavy (non-hydrogen) atoms. The van der Waals surface area contributed by atoms with Gasteiger partial charge in [-0.25, -0.2) is 0 Å². The van der Waals surface area contributed by atoms with Crippen molar-refractivity contribution in [2.75, 3.05) is 6.54 Å². The summed E-state index contributed by atoms with van der Waals surface area (Å²) >= 11 is 0. The fourth-order valence-electron chi connectivity index (χ4n) is 1.27. The van der Waals surface area contributed by atoms with Gasteiger partial charge in [-0.05, 0) is 24.7 Å². The molecule has 1 N–H and O–H groups in total. The van der Waals surface area contributed by atoms with E-state index in [0.717, 1.165) is 12.5 Å². The molecule has 74 valence electrons. The normalized spacial score (nSPS) is 15.2. The Balaban J connectivity index is 3.51. The average molecular weight is 171 g/mol. The maximum absolute atomic E-state index is 3.55. The summed E-state index contributed by atoms with van der Waals surface area (Å²) < 4.78 is 0. The first-order valence-corrected chi connectivity index (χ1v) is 5.04.